The Morgan fingerprint density at radius 1 is 0.635 bits per heavy atom. The molecule has 2 unspecified atom stereocenters. The number of unbranched alkanes of at least 4 members (excludes halogenated alkanes) is 2. The molecule has 0 aliphatic heterocycles. The molecule has 0 aliphatic rings. The number of allylic oxidation sites excluding steroid dienone is 1. The van der Waals surface area contributed by atoms with E-state index < -0.39 is 11.9 Å². The minimum absolute atomic E-state index is 0.0384. The normalized spacial score (nSPS) is 11.3. The van der Waals surface area contributed by atoms with Crippen molar-refractivity contribution in [1.82, 2.24) is 0 Å². The fourth-order valence-electron chi connectivity index (χ4n) is 4.17. The molecule has 0 saturated carbocycles. The maximum atomic E-state index is 12.2. The summed E-state index contributed by atoms with van der Waals surface area (Å²) in [5.41, 5.74) is 0. The third-order valence-corrected chi connectivity index (χ3v) is 8.11. The zero-order valence-electron chi connectivity index (χ0n) is 31.1. The summed E-state index contributed by atoms with van der Waals surface area (Å²) in [7, 11) is 0. The summed E-state index contributed by atoms with van der Waals surface area (Å²) in [6.45, 7) is 8.60. The molecule has 0 heterocycles. The minimum Gasteiger partial charge on any atom is -0.481 e. The second kappa shape index (κ2) is 40.9. The van der Waals surface area contributed by atoms with Crippen molar-refractivity contribution in [2.75, 3.05) is 56.9 Å². The van der Waals surface area contributed by atoms with E-state index in [-0.39, 0.29) is 68.4 Å². The zero-order chi connectivity index (χ0) is 39.8. The first-order chi connectivity index (χ1) is 24.9. The molecule has 0 saturated heterocycles. The SMILES string of the molecule is C=CCC(CCCO)C(=O)OCCCCC(=O)OCC.CCOC(=O)CCCCOC(=O)C(CCCO)CCCSCCC(=O)O.O=C(O)CCS. The second-order valence-electron chi connectivity index (χ2n) is 11.3. The summed E-state index contributed by atoms with van der Waals surface area (Å²) >= 11 is 5.24. The van der Waals surface area contributed by atoms with E-state index >= 15 is 0 Å². The van der Waals surface area contributed by atoms with Gasteiger partial charge in [-0.2, -0.15) is 24.4 Å². The average molecular weight is 785 g/mol. The highest BCUT2D eigenvalue weighted by Crippen LogP contribution is 2.18. The van der Waals surface area contributed by atoms with E-state index in [1.54, 1.807) is 31.7 Å². The Kier molecular flexibility index (Phi) is 42.1. The van der Waals surface area contributed by atoms with Crippen LogP contribution in [0.5, 0.6) is 0 Å². The first kappa shape index (κ1) is 53.5. The van der Waals surface area contributed by atoms with Crippen LogP contribution in [0.4, 0.5) is 0 Å². The molecule has 0 fully saturated rings. The molecule has 0 rings (SSSR count). The maximum Gasteiger partial charge on any atom is 0.309 e. The van der Waals surface area contributed by atoms with Crippen molar-refractivity contribution in [3.63, 3.8) is 0 Å². The number of aliphatic hydroxyl groups is 2. The summed E-state index contributed by atoms with van der Waals surface area (Å²) in [5.74, 6) is -1.23. The summed E-state index contributed by atoms with van der Waals surface area (Å²) < 4.78 is 20.1. The molecule has 0 aromatic carbocycles. The number of hydrogen-bond acceptors (Lipinski definition) is 14. The van der Waals surface area contributed by atoms with Gasteiger partial charge in [0.2, 0.25) is 0 Å². The first-order valence-electron chi connectivity index (χ1n) is 18.0. The van der Waals surface area contributed by atoms with E-state index in [4.69, 9.17) is 39.4 Å². The number of carboxylic acids is 2. The van der Waals surface area contributed by atoms with E-state index in [0.717, 1.165) is 12.2 Å². The summed E-state index contributed by atoms with van der Waals surface area (Å²) in [6, 6.07) is 0. The number of rotatable bonds is 31. The molecule has 2 atom stereocenters. The van der Waals surface area contributed by atoms with Crippen LogP contribution in [0.1, 0.15) is 110 Å². The number of aliphatic hydroxyl groups excluding tert-OH is 2. The summed E-state index contributed by atoms with van der Waals surface area (Å²) in [5, 5.41) is 34.2. The highest BCUT2D eigenvalue weighted by Gasteiger charge is 2.20. The number of aliphatic carboxylic acids is 2. The van der Waals surface area contributed by atoms with E-state index in [1.807, 2.05) is 0 Å². The summed E-state index contributed by atoms with van der Waals surface area (Å²) in [4.78, 5) is 66.3. The zero-order valence-corrected chi connectivity index (χ0v) is 32.8. The number of thiol groups is 1. The van der Waals surface area contributed by atoms with Crippen molar-refractivity contribution < 1.29 is 68.1 Å². The van der Waals surface area contributed by atoms with Gasteiger partial charge in [-0.15, -0.1) is 6.58 Å². The molecule has 0 spiro atoms. The number of carboxylic acid groups (broad SMARTS) is 2. The van der Waals surface area contributed by atoms with E-state index in [9.17, 15) is 28.8 Å². The third-order valence-electron chi connectivity index (χ3n) is 6.82. The monoisotopic (exact) mass is 784 g/mol. The molecule has 4 N–H and O–H groups in total. The number of esters is 4. The Hall–Kier alpha value is -2.82. The smallest absolute Gasteiger partial charge is 0.309 e. The molecule has 0 amide bonds. The Balaban J connectivity index is -0.000000815. The number of thioether (sulfide) groups is 1. The first-order valence-corrected chi connectivity index (χ1v) is 19.8. The standard InChI is InChI=1S/C18H32O7S.C15H26O5.C3H6O2S/c1-2-24-17(22)9-3-4-12-25-18(23)15(7-5-11-19)8-6-13-26-14-10-16(20)21;1-3-8-13(9-7-11-16)15(18)20-12-6-5-10-14(17)19-4-2;4-3(5)1-2-6/h15,19H,2-14H2,1H3,(H,20,21);3,13,16H,1,4-12H2,2H3;6H,1-2H2,(H,4,5). The average Bonchev–Trinajstić information content (AvgIpc) is 3.09. The molecule has 52 heavy (non-hydrogen) atoms. The van der Waals surface area contributed by atoms with Gasteiger partial charge < -0.3 is 39.4 Å². The van der Waals surface area contributed by atoms with Gasteiger partial charge in [0.05, 0.1) is 51.1 Å². The van der Waals surface area contributed by atoms with Crippen LogP contribution in [0.25, 0.3) is 0 Å². The lowest BCUT2D eigenvalue weighted by atomic mass is 9.98. The topological polar surface area (TPSA) is 220 Å². The molecular formula is C36H64O14S2. The van der Waals surface area contributed by atoms with Crippen molar-refractivity contribution in [1.29, 1.82) is 0 Å². The number of carbonyl (C=O) groups excluding carboxylic acids is 4. The Morgan fingerprint density at radius 3 is 1.50 bits per heavy atom. The van der Waals surface area contributed by atoms with Gasteiger partial charge in [0.25, 0.3) is 0 Å². The van der Waals surface area contributed by atoms with Crippen molar-refractivity contribution in [2.24, 2.45) is 11.8 Å². The van der Waals surface area contributed by atoms with E-state index in [1.165, 1.54) is 0 Å². The highest BCUT2D eigenvalue weighted by molar-refractivity contribution is 7.99. The van der Waals surface area contributed by atoms with Crippen molar-refractivity contribution in [3.8, 4) is 0 Å². The van der Waals surface area contributed by atoms with Crippen molar-refractivity contribution in [3.05, 3.63) is 12.7 Å². The third kappa shape index (κ3) is 40.0. The summed E-state index contributed by atoms with van der Waals surface area (Å²) in [6.07, 6.45) is 9.53. The number of ether oxygens (including phenoxy) is 4. The molecule has 0 radical (unpaired) electrons. The van der Waals surface area contributed by atoms with Gasteiger partial charge in [0.1, 0.15) is 0 Å². The van der Waals surface area contributed by atoms with Crippen LogP contribution in [0.3, 0.4) is 0 Å². The Labute approximate surface area is 319 Å². The lowest BCUT2D eigenvalue weighted by Gasteiger charge is -2.15. The van der Waals surface area contributed by atoms with Gasteiger partial charge in [-0.25, -0.2) is 0 Å². The van der Waals surface area contributed by atoms with Gasteiger partial charge in [-0.05, 0) is 90.2 Å². The van der Waals surface area contributed by atoms with Crippen LogP contribution in [-0.2, 0) is 47.7 Å². The minimum atomic E-state index is -0.801. The molecule has 304 valence electrons. The van der Waals surface area contributed by atoms with Crippen LogP contribution in [-0.4, -0.2) is 113 Å². The lowest BCUT2D eigenvalue weighted by Crippen LogP contribution is -2.19. The van der Waals surface area contributed by atoms with Gasteiger partial charge in [-0.1, -0.05) is 6.08 Å². The molecule has 14 nitrogen and oxygen atoms in total. The predicted octanol–water partition coefficient (Wildman–Crippen LogP) is 5.26. The highest BCUT2D eigenvalue weighted by atomic mass is 32.2. The van der Waals surface area contributed by atoms with Gasteiger partial charge in [0.15, 0.2) is 0 Å². The van der Waals surface area contributed by atoms with Crippen LogP contribution >= 0.6 is 24.4 Å². The largest absolute Gasteiger partial charge is 0.481 e. The lowest BCUT2D eigenvalue weighted by molar-refractivity contribution is -0.150. The Bertz CT molecular complexity index is 948. The van der Waals surface area contributed by atoms with Crippen molar-refractivity contribution in [2.45, 2.75) is 110 Å². The quantitative estimate of drug-likeness (QED) is 0.0199. The number of hydrogen-bond donors (Lipinski definition) is 5. The van der Waals surface area contributed by atoms with Gasteiger partial charge >= 0.3 is 35.8 Å². The second-order valence-corrected chi connectivity index (χ2v) is 12.9. The van der Waals surface area contributed by atoms with Gasteiger partial charge in [-0.3, -0.25) is 28.8 Å². The van der Waals surface area contributed by atoms with E-state index in [0.29, 0.717) is 108 Å². The van der Waals surface area contributed by atoms with Crippen LogP contribution in [0.15, 0.2) is 12.7 Å². The van der Waals surface area contributed by atoms with Crippen LogP contribution < -0.4 is 0 Å². The maximum absolute atomic E-state index is 12.2. The van der Waals surface area contributed by atoms with Crippen LogP contribution in [0.2, 0.25) is 0 Å². The Morgan fingerprint density at radius 2 is 1.10 bits per heavy atom. The molecule has 0 aromatic rings. The predicted molar refractivity (Wildman–Crippen MR) is 202 cm³/mol. The molecule has 0 aromatic heterocycles. The van der Waals surface area contributed by atoms with E-state index in [2.05, 4.69) is 19.2 Å². The fraction of sp³-hybridized carbons (Fsp3) is 0.778. The molecule has 0 bridgehead atoms. The molecule has 16 heteroatoms. The molecular weight excluding hydrogens is 721 g/mol. The van der Waals surface area contributed by atoms with Crippen LogP contribution in [0, 0.1) is 11.8 Å². The molecule has 0 aliphatic carbocycles. The van der Waals surface area contributed by atoms with Gasteiger partial charge in [0, 0.05) is 37.6 Å². The van der Waals surface area contributed by atoms with Crippen molar-refractivity contribution >= 4 is 60.2 Å². The fourth-order valence-corrected chi connectivity index (χ4v) is 5.25. The number of carbonyl (C=O) groups is 6.